The minimum atomic E-state index is -0.543. The van der Waals surface area contributed by atoms with Crippen molar-refractivity contribution in [2.45, 2.75) is 44.1 Å². The molecule has 1 fully saturated rings. The van der Waals surface area contributed by atoms with Crippen molar-refractivity contribution in [1.82, 2.24) is 0 Å². The van der Waals surface area contributed by atoms with Crippen LogP contribution in [-0.2, 0) is 0 Å². The van der Waals surface area contributed by atoms with Gasteiger partial charge in [0.1, 0.15) is 0 Å². The van der Waals surface area contributed by atoms with Crippen LogP contribution in [0.15, 0.2) is 24.3 Å². The second kappa shape index (κ2) is 4.49. The lowest BCUT2D eigenvalue weighted by Gasteiger charge is -2.33. The summed E-state index contributed by atoms with van der Waals surface area (Å²) in [6.45, 7) is 1.88. The molecule has 0 heterocycles. The van der Waals surface area contributed by atoms with Gasteiger partial charge in [-0.1, -0.05) is 18.2 Å². The smallest absolute Gasteiger partial charge is 0.248 e. The van der Waals surface area contributed by atoms with Gasteiger partial charge in [-0.2, -0.15) is 0 Å². The van der Waals surface area contributed by atoms with Crippen molar-refractivity contribution in [1.29, 1.82) is 0 Å². The highest BCUT2D eigenvalue weighted by Gasteiger charge is 2.30. The van der Waals surface area contributed by atoms with Gasteiger partial charge in [-0.15, -0.1) is 0 Å². The molecular formula is C14H19NO2. The van der Waals surface area contributed by atoms with E-state index in [1.807, 2.05) is 25.1 Å². The van der Waals surface area contributed by atoms with E-state index in [0.717, 1.165) is 31.2 Å². The number of rotatable bonds is 2. The van der Waals surface area contributed by atoms with Crippen LogP contribution in [0.2, 0.25) is 0 Å². The van der Waals surface area contributed by atoms with Gasteiger partial charge in [-0.05, 0) is 50.2 Å². The first kappa shape index (κ1) is 12.1. The third-order valence-corrected chi connectivity index (χ3v) is 3.73. The fraction of sp³-hybridized carbons (Fsp3) is 0.500. The van der Waals surface area contributed by atoms with Gasteiger partial charge in [0.25, 0.3) is 0 Å². The predicted molar refractivity (Wildman–Crippen MR) is 66.8 cm³/mol. The Bertz CT molecular complexity index is 416. The SMILES string of the molecule is CC1(O)CCC(c2ccccc2C(N)=O)CC1. The molecule has 3 nitrogen and oxygen atoms in total. The normalized spacial score (nSPS) is 28.9. The van der Waals surface area contributed by atoms with E-state index in [1.54, 1.807) is 6.07 Å². The minimum Gasteiger partial charge on any atom is -0.390 e. The zero-order chi connectivity index (χ0) is 12.5. The van der Waals surface area contributed by atoms with Crippen LogP contribution in [0.4, 0.5) is 0 Å². The van der Waals surface area contributed by atoms with Crippen molar-refractivity contribution in [2.24, 2.45) is 5.73 Å². The van der Waals surface area contributed by atoms with E-state index >= 15 is 0 Å². The second-order valence-corrected chi connectivity index (χ2v) is 5.22. The summed E-state index contributed by atoms with van der Waals surface area (Å²) in [5, 5.41) is 9.93. The van der Waals surface area contributed by atoms with Crippen LogP contribution in [0.1, 0.15) is 54.4 Å². The molecule has 1 aliphatic carbocycles. The Morgan fingerprint density at radius 3 is 2.53 bits per heavy atom. The van der Waals surface area contributed by atoms with E-state index in [4.69, 9.17) is 5.73 Å². The average Bonchev–Trinajstić information content (AvgIpc) is 2.29. The van der Waals surface area contributed by atoms with Gasteiger partial charge in [0.2, 0.25) is 5.91 Å². The third kappa shape index (κ3) is 2.67. The van der Waals surface area contributed by atoms with Crippen molar-refractivity contribution < 1.29 is 9.90 Å². The first-order valence-corrected chi connectivity index (χ1v) is 6.11. The van der Waals surface area contributed by atoms with E-state index in [-0.39, 0.29) is 5.91 Å². The molecule has 0 aromatic heterocycles. The van der Waals surface area contributed by atoms with Crippen LogP contribution < -0.4 is 5.73 Å². The Morgan fingerprint density at radius 2 is 1.94 bits per heavy atom. The quantitative estimate of drug-likeness (QED) is 0.822. The second-order valence-electron chi connectivity index (χ2n) is 5.22. The van der Waals surface area contributed by atoms with Crippen LogP contribution in [0, 0.1) is 0 Å². The average molecular weight is 233 g/mol. The number of aliphatic hydroxyl groups is 1. The molecular weight excluding hydrogens is 214 g/mol. The zero-order valence-electron chi connectivity index (χ0n) is 10.1. The molecule has 3 N–H and O–H groups in total. The highest BCUT2D eigenvalue weighted by Crippen LogP contribution is 2.38. The molecule has 1 aliphatic rings. The number of nitrogens with two attached hydrogens (primary N) is 1. The number of carbonyl (C=O) groups is 1. The maximum atomic E-state index is 11.4. The van der Waals surface area contributed by atoms with Crippen LogP contribution >= 0.6 is 0 Å². The summed E-state index contributed by atoms with van der Waals surface area (Å²) >= 11 is 0. The van der Waals surface area contributed by atoms with Crippen LogP contribution in [0.3, 0.4) is 0 Å². The molecule has 1 aromatic rings. The van der Waals surface area contributed by atoms with Crippen LogP contribution in [0.5, 0.6) is 0 Å². The van der Waals surface area contributed by atoms with E-state index in [9.17, 15) is 9.90 Å². The summed E-state index contributed by atoms with van der Waals surface area (Å²) < 4.78 is 0. The minimum absolute atomic E-state index is 0.346. The highest BCUT2D eigenvalue weighted by atomic mass is 16.3. The number of carbonyl (C=O) groups excluding carboxylic acids is 1. The first-order chi connectivity index (χ1) is 7.99. The van der Waals surface area contributed by atoms with Gasteiger partial charge in [-0.3, -0.25) is 4.79 Å². The summed E-state index contributed by atoms with van der Waals surface area (Å²) in [6, 6.07) is 7.53. The number of primary amides is 1. The van der Waals surface area contributed by atoms with Gasteiger partial charge < -0.3 is 10.8 Å². The molecule has 1 amide bonds. The molecule has 3 heteroatoms. The fourth-order valence-corrected chi connectivity index (χ4v) is 2.63. The monoisotopic (exact) mass is 233 g/mol. The fourth-order valence-electron chi connectivity index (χ4n) is 2.63. The summed E-state index contributed by atoms with van der Waals surface area (Å²) in [4.78, 5) is 11.4. The van der Waals surface area contributed by atoms with Crippen molar-refractivity contribution in [3.05, 3.63) is 35.4 Å². The van der Waals surface area contributed by atoms with Crippen molar-refractivity contribution in [3.8, 4) is 0 Å². The molecule has 17 heavy (non-hydrogen) atoms. The summed E-state index contributed by atoms with van der Waals surface area (Å²) in [7, 11) is 0. The van der Waals surface area contributed by atoms with E-state index in [0.29, 0.717) is 11.5 Å². The van der Waals surface area contributed by atoms with E-state index in [2.05, 4.69) is 0 Å². The van der Waals surface area contributed by atoms with Crippen LogP contribution in [0.25, 0.3) is 0 Å². The van der Waals surface area contributed by atoms with Gasteiger partial charge in [0.05, 0.1) is 5.60 Å². The zero-order valence-corrected chi connectivity index (χ0v) is 10.1. The lowest BCUT2D eigenvalue weighted by molar-refractivity contribution is 0.0171. The molecule has 1 saturated carbocycles. The molecule has 0 unspecified atom stereocenters. The molecule has 2 rings (SSSR count). The molecule has 0 atom stereocenters. The van der Waals surface area contributed by atoms with E-state index < -0.39 is 5.60 Å². The Kier molecular flexibility index (Phi) is 3.20. The maximum absolute atomic E-state index is 11.4. The first-order valence-electron chi connectivity index (χ1n) is 6.11. The van der Waals surface area contributed by atoms with Crippen LogP contribution in [-0.4, -0.2) is 16.6 Å². The summed E-state index contributed by atoms with van der Waals surface area (Å²) in [6.07, 6.45) is 3.39. The van der Waals surface area contributed by atoms with Gasteiger partial charge in [0, 0.05) is 5.56 Å². The molecule has 0 saturated heterocycles. The van der Waals surface area contributed by atoms with Crippen molar-refractivity contribution in [3.63, 3.8) is 0 Å². The van der Waals surface area contributed by atoms with Gasteiger partial charge >= 0.3 is 0 Å². The Balaban J connectivity index is 2.21. The standard InChI is InChI=1S/C14H19NO2/c1-14(17)8-6-10(7-9-14)11-4-2-3-5-12(11)13(15)16/h2-5,10,17H,6-9H2,1H3,(H2,15,16). The maximum Gasteiger partial charge on any atom is 0.248 e. The Hall–Kier alpha value is -1.35. The van der Waals surface area contributed by atoms with E-state index in [1.165, 1.54) is 0 Å². The largest absolute Gasteiger partial charge is 0.390 e. The molecule has 0 spiro atoms. The number of hydrogen-bond acceptors (Lipinski definition) is 2. The molecule has 92 valence electrons. The van der Waals surface area contributed by atoms with Crippen molar-refractivity contribution >= 4 is 5.91 Å². The van der Waals surface area contributed by atoms with Gasteiger partial charge in [-0.25, -0.2) is 0 Å². The summed E-state index contributed by atoms with van der Waals surface area (Å²) in [5.74, 6) is -0.0168. The topological polar surface area (TPSA) is 63.3 Å². The Morgan fingerprint density at radius 1 is 1.35 bits per heavy atom. The van der Waals surface area contributed by atoms with Gasteiger partial charge in [0.15, 0.2) is 0 Å². The summed E-state index contributed by atoms with van der Waals surface area (Å²) in [5.41, 5.74) is 6.50. The molecule has 0 bridgehead atoms. The Labute approximate surface area is 102 Å². The highest BCUT2D eigenvalue weighted by molar-refractivity contribution is 5.94. The number of benzene rings is 1. The van der Waals surface area contributed by atoms with Crippen molar-refractivity contribution in [2.75, 3.05) is 0 Å². The molecule has 1 aromatic carbocycles. The molecule has 0 radical (unpaired) electrons. The molecule has 0 aliphatic heterocycles. The third-order valence-electron chi connectivity index (χ3n) is 3.73. The lowest BCUT2D eigenvalue weighted by atomic mass is 9.76. The lowest BCUT2D eigenvalue weighted by Crippen LogP contribution is -2.30. The number of hydrogen-bond donors (Lipinski definition) is 2. The predicted octanol–water partition coefficient (Wildman–Crippen LogP) is 2.19. The number of amides is 1.